The Kier molecular flexibility index (Phi) is 6.30. The molecule has 0 saturated carbocycles. The van der Waals surface area contributed by atoms with Gasteiger partial charge >= 0.3 is 5.97 Å². The van der Waals surface area contributed by atoms with Crippen LogP contribution in [0.4, 0.5) is 0 Å². The molecule has 0 amide bonds. The number of hydrogen-bond donors (Lipinski definition) is 1. The van der Waals surface area contributed by atoms with Gasteiger partial charge < -0.3 is 4.74 Å². The minimum atomic E-state index is -3.87. The van der Waals surface area contributed by atoms with Crippen LogP contribution < -0.4 is 4.72 Å². The number of nitriles is 1. The van der Waals surface area contributed by atoms with E-state index in [9.17, 15) is 13.2 Å². The average molecular weight is 338 g/mol. The summed E-state index contributed by atoms with van der Waals surface area (Å²) in [4.78, 5) is 12.2. The maximum absolute atomic E-state index is 12.5. The Bertz CT molecular complexity index is 720. The smallest absolute Gasteiger partial charge is 0.325 e. The van der Waals surface area contributed by atoms with Crippen molar-refractivity contribution in [1.29, 1.82) is 5.26 Å². The summed E-state index contributed by atoms with van der Waals surface area (Å²) in [7, 11) is -3.87. The van der Waals surface area contributed by atoms with Crippen molar-refractivity contribution in [3.05, 3.63) is 29.3 Å². The van der Waals surface area contributed by atoms with Gasteiger partial charge in [0.1, 0.15) is 12.1 Å². The highest BCUT2D eigenvalue weighted by Crippen LogP contribution is 2.17. The Morgan fingerprint density at radius 1 is 1.22 bits per heavy atom. The Labute approximate surface area is 137 Å². The van der Waals surface area contributed by atoms with Crippen LogP contribution in [0.15, 0.2) is 23.1 Å². The van der Waals surface area contributed by atoms with E-state index in [4.69, 9.17) is 10.00 Å². The van der Waals surface area contributed by atoms with Gasteiger partial charge in [0, 0.05) is 0 Å². The van der Waals surface area contributed by atoms with Gasteiger partial charge in [-0.1, -0.05) is 19.9 Å². The molecule has 0 aliphatic carbocycles. The highest BCUT2D eigenvalue weighted by Gasteiger charge is 2.30. The number of hydrogen-bond acceptors (Lipinski definition) is 5. The minimum Gasteiger partial charge on any atom is -0.446 e. The fourth-order valence-electron chi connectivity index (χ4n) is 1.85. The zero-order valence-electron chi connectivity index (χ0n) is 14.0. The zero-order valence-corrected chi connectivity index (χ0v) is 14.8. The van der Waals surface area contributed by atoms with E-state index >= 15 is 0 Å². The van der Waals surface area contributed by atoms with E-state index in [1.54, 1.807) is 32.0 Å². The quantitative estimate of drug-likeness (QED) is 0.801. The molecular weight excluding hydrogens is 316 g/mol. The second kappa shape index (κ2) is 7.57. The van der Waals surface area contributed by atoms with E-state index in [1.165, 1.54) is 13.0 Å². The molecule has 0 aliphatic rings. The molecule has 0 aliphatic heterocycles. The SMILES string of the molecule is Cc1ccc(S(=O)(=O)N[C@@H](C(=O)O[C@H](C)C#N)C(C)C)cc1C. The van der Waals surface area contributed by atoms with Gasteiger partial charge in [0.2, 0.25) is 10.0 Å². The molecule has 23 heavy (non-hydrogen) atoms. The number of sulfonamides is 1. The van der Waals surface area contributed by atoms with Gasteiger partial charge in [0.25, 0.3) is 0 Å². The third-order valence-corrected chi connectivity index (χ3v) is 4.90. The summed E-state index contributed by atoms with van der Waals surface area (Å²) < 4.78 is 32.3. The summed E-state index contributed by atoms with van der Waals surface area (Å²) in [6.45, 7) is 8.53. The third kappa shape index (κ3) is 5.05. The maximum atomic E-state index is 12.5. The van der Waals surface area contributed by atoms with Gasteiger partial charge in [0.15, 0.2) is 6.10 Å². The van der Waals surface area contributed by atoms with Gasteiger partial charge in [0.05, 0.1) is 4.90 Å². The molecule has 1 aromatic rings. The second-order valence-corrected chi connectivity index (χ2v) is 7.51. The van der Waals surface area contributed by atoms with Gasteiger partial charge in [-0.2, -0.15) is 9.98 Å². The zero-order chi connectivity index (χ0) is 17.8. The summed E-state index contributed by atoms with van der Waals surface area (Å²) >= 11 is 0. The predicted molar refractivity (Wildman–Crippen MR) is 86.0 cm³/mol. The van der Waals surface area contributed by atoms with Crippen molar-refractivity contribution in [2.45, 2.75) is 51.7 Å². The number of rotatable bonds is 6. The largest absolute Gasteiger partial charge is 0.446 e. The molecule has 0 heterocycles. The van der Waals surface area contributed by atoms with Crippen molar-refractivity contribution in [3.8, 4) is 6.07 Å². The van der Waals surface area contributed by atoms with Crippen LogP contribution in [0.1, 0.15) is 31.9 Å². The lowest BCUT2D eigenvalue weighted by Crippen LogP contribution is -2.45. The molecule has 0 fully saturated rings. The summed E-state index contributed by atoms with van der Waals surface area (Å²) in [5.74, 6) is -1.09. The molecule has 1 N–H and O–H groups in total. The monoisotopic (exact) mass is 338 g/mol. The predicted octanol–water partition coefficient (Wildman–Crippen LogP) is 2.06. The lowest BCUT2D eigenvalue weighted by molar-refractivity contribution is -0.149. The molecule has 1 aromatic carbocycles. The molecule has 1 rings (SSSR count). The summed E-state index contributed by atoms with van der Waals surface area (Å²) in [6.07, 6.45) is -0.935. The van der Waals surface area contributed by atoms with E-state index in [1.807, 2.05) is 13.8 Å². The lowest BCUT2D eigenvalue weighted by atomic mass is 10.1. The molecule has 0 aromatic heterocycles. The normalized spacial score (nSPS) is 14.1. The minimum absolute atomic E-state index is 0.0902. The van der Waals surface area contributed by atoms with E-state index in [-0.39, 0.29) is 10.8 Å². The van der Waals surface area contributed by atoms with E-state index in [0.717, 1.165) is 11.1 Å². The van der Waals surface area contributed by atoms with Crippen molar-refractivity contribution < 1.29 is 17.9 Å². The van der Waals surface area contributed by atoms with E-state index in [0.29, 0.717) is 0 Å². The topological polar surface area (TPSA) is 96.3 Å². The Balaban J connectivity index is 3.05. The fourth-order valence-corrected chi connectivity index (χ4v) is 3.26. The van der Waals surface area contributed by atoms with Crippen LogP contribution in [-0.2, 0) is 19.6 Å². The Hall–Kier alpha value is -1.91. The van der Waals surface area contributed by atoms with Gasteiger partial charge in [-0.05, 0) is 49.9 Å². The summed E-state index contributed by atoms with van der Waals surface area (Å²) in [5.41, 5.74) is 1.82. The highest BCUT2D eigenvalue weighted by molar-refractivity contribution is 7.89. The van der Waals surface area contributed by atoms with Crippen LogP contribution in [-0.4, -0.2) is 26.5 Å². The van der Waals surface area contributed by atoms with Crippen LogP contribution in [0.5, 0.6) is 0 Å². The van der Waals surface area contributed by atoms with Gasteiger partial charge in [-0.3, -0.25) is 4.79 Å². The summed E-state index contributed by atoms with van der Waals surface area (Å²) in [6, 6.07) is 5.48. The first-order valence-electron chi connectivity index (χ1n) is 7.28. The first kappa shape index (κ1) is 19.1. The number of esters is 1. The van der Waals surface area contributed by atoms with Crippen LogP contribution in [0, 0.1) is 31.1 Å². The van der Waals surface area contributed by atoms with Crippen molar-refractivity contribution in [3.63, 3.8) is 0 Å². The summed E-state index contributed by atoms with van der Waals surface area (Å²) in [5, 5.41) is 8.71. The first-order chi connectivity index (χ1) is 10.6. The maximum Gasteiger partial charge on any atom is 0.325 e. The average Bonchev–Trinajstić information content (AvgIpc) is 2.46. The number of carbonyl (C=O) groups is 1. The van der Waals surface area contributed by atoms with Crippen molar-refractivity contribution in [2.75, 3.05) is 0 Å². The van der Waals surface area contributed by atoms with Crippen molar-refractivity contribution in [2.24, 2.45) is 5.92 Å². The van der Waals surface area contributed by atoms with Crippen LogP contribution in [0.25, 0.3) is 0 Å². The number of carbonyl (C=O) groups excluding carboxylic acids is 1. The Morgan fingerprint density at radius 3 is 2.30 bits per heavy atom. The molecular formula is C16H22N2O4S. The van der Waals surface area contributed by atoms with Gasteiger partial charge in [-0.25, -0.2) is 8.42 Å². The lowest BCUT2D eigenvalue weighted by Gasteiger charge is -2.21. The fraction of sp³-hybridized carbons (Fsp3) is 0.500. The molecule has 7 heteroatoms. The standard InChI is InChI=1S/C16H22N2O4S/c1-10(2)15(16(19)22-13(5)9-17)18-23(20,21)14-7-6-11(3)12(4)8-14/h6-8,10,13,15,18H,1-5H3/t13-,15-/m1/s1. The Morgan fingerprint density at radius 2 is 1.83 bits per heavy atom. The van der Waals surface area contributed by atoms with Crippen LogP contribution in [0.3, 0.4) is 0 Å². The molecule has 0 bridgehead atoms. The number of aryl methyl sites for hydroxylation is 2. The number of nitrogens with zero attached hydrogens (tertiary/aromatic N) is 1. The van der Waals surface area contributed by atoms with Crippen LogP contribution >= 0.6 is 0 Å². The van der Waals surface area contributed by atoms with E-state index in [2.05, 4.69) is 4.72 Å². The third-order valence-electron chi connectivity index (χ3n) is 3.47. The van der Waals surface area contributed by atoms with Crippen molar-refractivity contribution in [1.82, 2.24) is 4.72 Å². The van der Waals surface area contributed by atoms with E-state index < -0.39 is 28.1 Å². The van der Waals surface area contributed by atoms with Crippen molar-refractivity contribution >= 4 is 16.0 Å². The molecule has 0 radical (unpaired) electrons. The number of ether oxygens (including phenoxy) is 1. The molecule has 0 spiro atoms. The number of nitrogens with one attached hydrogen (secondary N) is 1. The second-order valence-electron chi connectivity index (χ2n) is 5.80. The van der Waals surface area contributed by atoms with Crippen LogP contribution in [0.2, 0.25) is 0 Å². The highest BCUT2D eigenvalue weighted by atomic mass is 32.2. The van der Waals surface area contributed by atoms with Gasteiger partial charge in [-0.15, -0.1) is 0 Å². The molecule has 6 nitrogen and oxygen atoms in total. The first-order valence-corrected chi connectivity index (χ1v) is 8.76. The molecule has 0 saturated heterocycles. The molecule has 126 valence electrons. The molecule has 2 atom stereocenters. The number of benzene rings is 1. The molecule has 0 unspecified atom stereocenters.